The average Bonchev–Trinajstić information content (AvgIpc) is 1.65. The second kappa shape index (κ2) is 2.69. The van der Waals surface area contributed by atoms with Gasteiger partial charge in [-0.3, -0.25) is 0 Å². The number of hydrogen-bond acceptors (Lipinski definition) is 0. The maximum Gasteiger partial charge on any atom is 0.164 e. The largest absolute Gasteiger partial charge is 0.164 e. The van der Waals surface area contributed by atoms with Crippen LogP contribution in [0.4, 0.5) is 0 Å². The minimum absolute atomic E-state index is 0.228. The van der Waals surface area contributed by atoms with E-state index in [1.807, 2.05) is 6.26 Å². The van der Waals surface area contributed by atoms with E-state index >= 15 is 0 Å². The molecule has 0 unspecified atom stereocenters. The second-order valence-electron chi connectivity index (χ2n) is 0.746. The molecule has 0 radical (unpaired) electrons. The zero-order valence-electron chi connectivity index (χ0n) is 3.56. The quantitative estimate of drug-likeness (QED) is 0.303. The van der Waals surface area contributed by atoms with Gasteiger partial charge in [-0.05, 0) is 0 Å². The van der Waals surface area contributed by atoms with Crippen molar-refractivity contribution >= 4 is 10.9 Å². The summed E-state index contributed by atoms with van der Waals surface area (Å²) in [5.41, 5.74) is 0. The van der Waals surface area contributed by atoms with Crippen molar-refractivity contribution in [1.82, 2.24) is 0 Å². The van der Waals surface area contributed by atoms with Crippen molar-refractivity contribution in [2.75, 3.05) is 6.26 Å². The molecule has 0 aliphatic carbocycles. The fraction of sp³-hybridized carbons (Fsp3) is 0.200. The molecule has 0 N–H and O–H groups in total. The van der Waals surface area contributed by atoms with Gasteiger partial charge in [-0.15, -0.1) is 0 Å². The smallest absolute Gasteiger partial charge is 0.0614 e. The molecule has 0 spiro atoms. The molecule has 0 bridgehead atoms. The van der Waals surface area contributed by atoms with E-state index in [2.05, 4.69) is 10.5 Å². The zero-order valence-corrected chi connectivity index (χ0v) is 4.38. The van der Waals surface area contributed by atoms with Crippen LogP contribution < -0.4 is 0 Å². The molecule has 0 amide bonds. The molecule has 0 fully saturated rings. The van der Waals surface area contributed by atoms with Gasteiger partial charge in [0.15, 0.2) is 21.4 Å². The highest BCUT2D eigenvalue weighted by atomic mass is 32.2. The summed E-state index contributed by atoms with van der Waals surface area (Å²) in [4.78, 5) is 0. The predicted octanol–water partition coefficient (Wildman–Crippen LogP) is 0.416. The van der Waals surface area contributed by atoms with Crippen LogP contribution in [0.15, 0.2) is 0 Å². The Balaban J connectivity index is 3.40. The molecule has 1 heteroatoms. The Morgan fingerprint density at radius 1 is 1.33 bits per heavy atom. The molecular formula is C5H5S+. The lowest BCUT2D eigenvalue weighted by Gasteiger charge is -1.65. The van der Waals surface area contributed by atoms with Crippen molar-refractivity contribution in [1.29, 1.82) is 0 Å². The second-order valence-corrected chi connectivity index (χ2v) is 2.24. The van der Waals surface area contributed by atoms with E-state index in [-0.39, 0.29) is 10.9 Å². The minimum atomic E-state index is -0.228. The van der Waals surface area contributed by atoms with Gasteiger partial charge in [-0.25, -0.2) is 0 Å². The highest BCUT2D eigenvalue weighted by molar-refractivity contribution is 8.05. The van der Waals surface area contributed by atoms with Gasteiger partial charge in [0.1, 0.15) is 6.26 Å². The van der Waals surface area contributed by atoms with Crippen molar-refractivity contribution < 1.29 is 0 Å². The Morgan fingerprint density at radius 3 is 1.67 bits per heavy atom. The number of hydrogen-bond donors (Lipinski definition) is 0. The van der Waals surface area contributed by atoms with Crippen LogP contribution in [0.1, 0.15) is 0 Å². The molecule has 0 aromatic heterocycles. The molecule has 0 saturated heterocycles. The van der Waals surface area contributed by atoms with Gasteiger partial charge in [0.25, 0.3) is 0 Å². The highest BCUT2D eigenvalue weighted by Crippen LogP contribution is 1.77. The molecule has 0 saturated carbocycles. The van der Waals surface area contributed by atoms with Gasteiger partial charge < -0.3 is 0 Å². The maximum absolute atomic E-state index is 4.90. The van der Waals surface area contributed by atoms with Gasteiger partial charge in [-0.2, -0.15) is 0 Å². The van der Waals surface area contributed by atoms with Gasteiger partial charge in [0.05, 0.1) is 0 Å². The van der Waals surface area contributed by atoms with Crippen LogP contribution in [0.25, 0.3) is 0 Å². The van der Waals surface area contributed by atoms with E-state index in [0.29, 0.717) is 0 Å². The van der Waals surface area contributed by atoms with E-state index in [9.17, 15) is 0 Å². The summed E-state index contributed by atoms with van der Waals surface area (Å²) in [6.07, 6.45) is 11.6. The number of rotatable bonds is 0. The Labute approximate surface area is 41.3 Å². The topological polar surface area (TPSA) is 0 Å². The standard InChI is InChI=1S/C5H5S/c1-4-6(3)5-2/h1-2H,3H3/q+1. The fourth-order valence-electron chi connectivity index (χ4n) is 0.0340. The lowest BCUT2D eigenvalue weighted by Crippen LogP contribution is -1.83. The van der Waals surface area contributed by atoms with Crippen molar-refractivity contribution in [3.63, 3.8) is 0 Å². The molecular weight excluding hydrogens is 92.1 g/mol. The molecule has 0 aliphatic heterocycles. The Hall–Kier alpha value is -0.530. The van der Waals surface area contributed by atoms with Crippen LogP contribution in [-0.2, 0) is 10.9 Å². The van der Waals surface area contributed by atoms with Crippen molar-refractivity contribution in [3.05, 3.63) is 0 Å². The van der Waals surface area contributed by atoms with E-state index in [0.717, 1.165) is 0 Å². The molecule has 0 nitrogen and oxygen atoms in total. The molecule has 0 rings (SSSR count). The zero-order chi connectivity index (χ0) is 4.99. The first-order valence-corrected chi connectivity index (χ1v) is 3.03. The first kappa shape index (κ1) is 5.47. The lowest BCUT2D eigenvalue weighted by atomic mass is 11.4. The van der Waals surface area contributed by atoms with Crippen molar-refractivity contribution in [2.45, 2.75) is 0 Å². The van der Waals surface area contributed by atoms with E-state index in [1.54, 1.807) is 0 Å². The van der Waals surface area contributed by atoms with Gasteiger partial charge in [0, 0.05) is 0 Å². The Morgan fingerprint density at radius 2 is 1.67 bits per heavy atom. The maximum atomic E-state index is 4.90. The molecule has 0 aromatic rings. The van der Waals surface area contributed by atoms with Crippen LogP contribution in [0.5, 0.6) is 0 Å². The van der Waals surface area contributed by atoms with E-state index < -0.39 is 0 Å². The average molecular weight is 97.2 g/mol. The third-order valence-corrected chi connectivity index (χ3v) is 1.06. The first-order chi connectivity index (χ1) is 2.81. The summed E-state index contributed by atoms with van der Waals surface area (Å²) in [5, 5.41) is 4.81. The van der Waals surface area contributed by atoms with Crippen LogP contribution in [-0.4, -0.2) is 6.26 Å². The first-order valence-electron chi connectivity index (χ1n) is 1.39. The molecule has 0 aliphatic rings. The summed E-state index contributed by atoms with van der Waals surface area (Å²) >= 11 is 0. The third kappa shape index (κ3) is 1.76. The van der Waals surface area contributed by atoms with E-state index in [1.165, 1.54) is 0 Å². The van der Waals surface area contributed by atoms with Crippen LogP contribution >= 0.6 is 0 Å². The van der Waals surface area contributed by atoms with Gasteiger partial charge in [0.2, 0.25) is 0 Å². The SMILES string of the molecule is C#C[S+](C)C#C. The molecule has 30 valence electrons. The summed E-state index contributed by atoms with van der Waals surface area (Å²) in [6.45, 7) is 0. The van der Waals surface area contributed by atoms with Crippen molar-refractivity contribution in [3.8, 4) is 23.4 Å². The molecule has 0 heterocycles. The van der Waals surface area contributed by atoms with Crippen LogP contribution in [0, 0.1) is 23.4 Å². The predicted molar refractivity (Wildman–Crippen MR) is 31.0 cm³/mol. The summed E-state index contributed by atoms with van der Waals surface area (Å²) in [7, 11) is -0.228. The van der Waals surface area contributed by atoms with Crippen molar-refractivity contribution in [2.24, 2.45) is 0 Å². The third-order valence-electron chi connectivity index (χ3n) is 0.354. The monoisotopic (exact) mass is 97.0 g/mol. The van der Waals surface area contributed by atoms with E-state index in [4.69, 9.17) is 12.8 Å². The number of terminal acetylenes is 2. The highest BCUT2D eigenvalue weighted by Gasteiger charge is 1.95. The molecule has 6 heavy (non-hydrogen) atoms. The summed E-state index contributed by atoms with van der Waals surface area (Å²) in [5.74, 6) is 0. The van der Waals surface area contributed by atoms with Crippen LogP contribution in [0.2, 0.25) is 0 Å². The Kier molecular flexibility index (Phi) is 2.46. The van der Waals surface area contributed by atoms with Crippen LogP contribution in [0.3, 0.4) is 0 Å². The summed E-state index contributed by atoms with van der Waals surface area (Å²) in [6, 6.07) is 0. The molecule has 0 aromatic carbocycles. The minimum Gasteiger partial charge on any atom is -0.0614 e. The molecule has 0 atom stereocenters. The Bertz CT molecular complexity index is 88.1. The lowest BCUT2D eigenvalue weighted by molar-refractivity contribution is 2.45. The normalized spacial score (nSPS) is 6.67. The van der Waals surface area contributed by atoms with Gasteiger partial charge >= 0.3 is 0 Å². The van der Waals surface area contributed by atoms with Gasteiger partial charge in [-0.1, -0.05) is 12.8 Å². The fourth-order valence-corrected chi connectivity index (χ4v) is 0.102. The summed E-state index contributed by atoms with van der Waals surface area (Å²) < 4.78 is 0.